The quantitative estimate of drug-likeness (QED) is 0.470. The normalized spacial score (nSPS) is 18.1. The zero-order valence-corrected chi connectivity index (χ0v) is 21.6. The van der Waals surface area contributed by atoms with Crippen molar-refractivity contribution >= 4 is 29.5 Å². The Hall–Kier alpha value is -3.30. The molecule has 0 bridgehead atoms. The Bertz CT molecular complexity index is 1080. The first-order chi connectivity index (χ1) is 18.0. The van der Waals surface area contributed by atoms with Crippen LogP contribution < -0.4 is 10.1 Å². The zero-order valence-electron chi connectivity index (χ0n) is 20.8. The minimum Gasteiger partial charge on any atom is -0.489 e. The second kappa shape index (κ2) is 13.3. The van der Waals surface area contributed by atoms with E-state index in [0.717, 1.165) is 29.7 Å². The van der Waals surface area contributed by atoms with Crippen LogP contribution in [0.1, 0.15) is 30.4 Å². The molecule has 2 aromatic rings. The van der Waals surface area contributed by atoms with Crippen LogP contribution in [0.25, 0.3) is 0 Å². The lowest BCUT2D eigenvalue weighted by atomic mass is 10.1. The van der Waals surface area contributed by atoms with Gasteiger partial charge in [0.15, 0.2) is 0 Å². The second-order valence-corrected chi connectivity index (χ2v) is 10.4. The van der Waals surface area contributed by atoms with Gasteiger partial charge in [-0.15, -0.1) is 11.8 Å². The van der Waals surface area contributed by atoms with Crippen LogP contribution in [0.5, 0.6) is 5.75 Å². The molecule has 2 aromatic carbocycles. The average Bonchev–Trinajstić information content (AvgIpc) is 3.43. The molecule has 0 spiro atoms. The molecule has 1 saturated heterocycles. The van der Waals surface area contributed by atoms with Crippen LogP contribution in [-0.2, 0) is 27.5 Å². The molecule has 37 heavy (non-hydrogen) atoms. The van der Waals surface area contributed by atoms with Gasteiger partial charge < -0.3 is 25.0 Å². The standard InChI is InChI=1S/C28H33N3O5S/c32-25(17-26(33)29-13-12-24-7-4-16-37-24)28(35)31-15-14-30(27(34)19-31)18-21-8-10-23(11-9-21)36-20-22-5-2-1-3-6-22/h1-6,8-11,16,24-25,32H,7,12-15,17-20H2,(H,29,33)/t24?,25-/m1/s1. The van der Waals surface area contributed by atoms with Gasteiger partial charge in [0.05, 0.1) is 13.0 Å². The van der Waals surface area contributed by atoms with E-state index in [1.165, 1.54) is 4.90 Å². The van der Waals surface area contributed by atoms with Crippen molar-refractivity contribution in [3.63, 3.8) is 0 Å². The third kappa shape index (κ3) is 8.10. The Balaban J connectivity index is 1.17. The summed E-state index contributed by atoms with van der Waals surface area (Å²) in [6, 6.07) is 17.5. The first-order valence-corrected chi connectivity index (χ1v) is 13.5. The van der Waals surface area contributed by atoms with Crippen LogP contribution in [0, 0.1) is 0 Å². The van der Waals surface area contributed by atoms with Crippen LogP contribution >= 0.6 is 11.8 Å². The maximum absolute atomic E-state index is 12.7. The van der Waals surface area contributed by atoms with E-state index in [-0.39, 0.29) is 24.8 Å². The summed E-state index contributed by atoms with van der Waals surface area (Å²) in [6.07, 6.45) is 2.19. The minimum absolute atomic E-state index is 0.109. The average molecular weight is 524 g/mol. The number of piperazine rings is 1. The summed E-state index contributed by atoms with van der Waals surface area (Å²) < 4.78 is 5.81. The molecule has 2 aliphatic rings. The third-order valence-electron chi connectivity index (χ3n) is 6.39. The molecule has 2 aliphatic heterocycles. The third-order valence-corrected chi connectivity index (χ3v) is 7.56. The van der Waals surface area contributed by atoms with Gasteiger partial charge in [-0.05, 0) is 41.5 Å². The smallest absolute Gasteiger partial charge is 0.252 e. The van der Waals surface area contributed by atoms with E-state index < -0.39 is 12.0 Å². The Morgan fingerprint density at radius 3 is 2.57 bits per heavy atom. The number of nitrogens with one attached hydrogen (secondary N) is 1. The number of rotatable bonds is 11. The van der Waals surface area contributed by atoms with Gasteiger partial charge in [-0.2, -0.15) is 0 Å². The topological polar surface area (TPSA) is 99.2 Å². The number of benzene rings is 2. The van der Waals surface area contributed by atoms with Crippen molar-refractivity contribution in [3.8, 4) is 5.75 Å². The van der Waals surface area contributed by atoms with Crippen molar-refractivity contribution < 1.29 is 24.2 Å². The number of aliphatic hydroxyl groups excluding tert-OH is 1. The summed E-state index contributed by atoms with van der Waals surface area (Å²) in [5.41, 5.74) is 2.05. The Morgan fingerprint density at radius 2 is 1.86 bits per heavy atom. The molecule has 1 unspecified atom stereocenters. The van der Waals surface area contributed by atoms with E-state index in [2.05, 4.69) is 16.8 Å². The van der Waals surface area contributed by atoms with Gasteiger partial charge in [-0.3, -0.25) is 14.4 Å². The number of thioether (sulfide) groups is 1. The van der Waals surface area contributed by atoms with E-state index in [4.69, 9.17) is 4.74 Å². The Kier molecular flexibility index (Phi) is 9.62. The molecule has 4 rings (SSSR count). The largest absolute Gasteiger partial charge is 0.489 e. The molecule has 2 heterocycles. The van der Waals surface area contributed by atoms with E-state index in [1.807, 2.05) is 54.6 Å². The van der Waals surface area contributed by atoms with Crippen LogP contribution in [-0.4, -0.2) is 70.2 Å². The van der Waals surface area contributed by atoms with Gasteiger partial charge in [0.25, 0.3) is 5.91 Å². The van der Waals surface area contributed by atoms with Crippen molar-refractivity contribution in [1.82, 2.24) is 15.1 Å². The lowest BCUT2D eigenvalue weighted by molar-refractivity contribution is -0.151. The van der Waals surface area contributed by atoms with E-state index >= 15 is 0 Å². The lowest BCUT2D eigenvalue weighted by Gasteiger charge is -2.35. The number of carbonyl (C=O) groups is 3. The lowest BCUT2D eigenvalue weighted by Crippen LogP contribution is -2.54. The van der Waals surface area contributed by atoms with Gasteiger partial charge in [0.1, 0.15) is 18.5 Å². The number of carbonyl (C=O) groups excluding carboxylic acids is 3. The highest BCUT2D eigenvalue weighted by Crippen LogP contribution is 2.26. The van der Waals surface area contributed by atoms with Gasteiger partial charge in [0.2, 0.25) is 11.8 Å². The first-order valence-electron chi connectivity index (χ1n) is 12.6. The number of aliphatic hydroxyl groups is 1. The predicted molar refractivity (Wildman–Crippen MR) is 143 cm³/mol. The van der Waals surface area contributed by atoms with Gasteiger partial charge in [-0.25, -0.2) is 0 Å². The molecule has 3 amide bonds. The molecule has 2 N–H and O–H groups in total. The summed E-state index contributed by atoms with van der Waals surface area (Å²) in [4.78, 5) is 40.5. The molecule has 8 nitrogen and oxygen atoms in total. The molecular formula is C28H33N3O5S. The van der Waals surface area contributed by atoms with Crippen LogP contribution in [0.4, 0.5) is 0 Å². The van der Waals surface area contributed by atoms with Crippen molar-refractivity contribution in [3.05, 3.63) is 77.2 Å². The Labute approximate surface area is 221 Å². The highest BCUT2D eigenvalue weighted by Gasteiger charge is 2.31. The number of ether oxygens (including phenoxy) is 1. The molecule has 0 saturated carbocycles. The van der Waals surface area contributed by atoms with Gasteiger partial charge >= 0.3 is 0 Å². The minimum atomic E-state index is -1.45. The number of nitrogens with zero attached hydrogens (tertiary/aromatic N) is 2. The van der Waals surface area contributed by atoms with Crippen molar-refractivity contribution in [2.45, 2.75) is 43.8 Å². The monoisotopic (exact) mass is 523 g/mol. The molecule has 0 aromatic heterocycles. The fourth-order valence-corrected chi connectivity index (χ4v) is 5.17. The summed E-state index contributed by atoms with van der Waals surface area (Å²) in [7, 11) is 0. The number of amides is 3. The summed E-state index contributed by atoms with van der Waals surface area (Å²) in [6.45, 7) is 1.99. The fourth-order valence-electron chi connectivity index (χ4n) is 4.25. The molecule has 9 heteroatoms. The highest BCUT2D eigenvalue weighted by molar-refractivity contribution is 8.03. The van der Waals surface area contributed by atoms with Crippen molar-refractivity contribution in [2.75, 3.05) is 26.2 Å². The molecule has 196 valence electrons. The summed E-state index contributed by atoms with van der Waals surface area (Å²) in [5.74, 6) is -0.387. The zero-order chi connectivity index (χ0) is 26.0. The predicted octanol–water partition coefficient (Wildman–Crippen LogP) is 2.71. The summed E-state index contributed by atoms with van der Waals surface area (Å²) in [5, 5.41) is 15.6. The summed E-state index contributed by atoms with van der Waals surface area (Å²) >= 11 is 1.75. The van der Waals surface area contributed by atoms with Crippen molar-refractivity contribution in [1.29, 1.82) is 0 Å². The molecule has 0 radical (unpaired) electrons. The Morgan fingerprint density at radius 1 is 1.08 bits per heavy atom. The van der Waals surface area contributed by atoms with Crippen LogP contribution in [0.2, 0.25) is 0 Å². The van der Waals surface area contributed by atoms with Crippen molar-refractivity contribution in [2.24, 2.45) is 0 Å². The van der Waals surface area contributed by atoms with Crippen LogP contribution in [0.3, 0.4) is 0 Å². The number of hydrogen-bond donors (Lipinski definition) is 2. The maximum Gasteiger partial charge on any atom is 0.252 e. The van der Waals surface area contributed by atoms with Crippen LogP contribution in [0.15, 0.2) is 66.1 Å². The molecule has 0 aliphatic carbocycles. The molecular weight excluding hydrogens is 490 g/mol. The maximum atomic E-state index is 12.7. The SMILES string of the molecule is O=C(C[C@@H](O)C(=O)N1CCN(Cc2ccc(OCc3ccccc3)cc2)C(=O)C1)NCCC1CC=CS1. The van der Waals surface area contributed by atoms with E-state index in [1.54, 1.807) is 16.7 Å². The highest BCUT2D eigenvalue weighted by atomic mass is 32.2. The van der Waals surface area contributed by atoms with Gasteiger partial charge in [0, 0.05) is 31.4 Å². The fraction of sp³-hybridized carbons (Fsp3) is 0.393. The second-order valence-electron chi connectivity index (χ2n) is 9.22. The number of allylic oxidation sites excluding steroid dienone is 1. The molecule has 2 atom stereocenters. The van der Waals surface area contributed by atoms with Gasteiger partial charge in [-0.1, -0.05) is 48.5 Å². The number of hydrogen-bond acceptors (Lipinski definition) is 6. The molecule has 1 fully saturated rings. The van der Waals surface area contributed by atoms with E-state index in [0.29, 0.717) is 38.0 Å². The van der Waals surface area contributed by atoms with E-state index in [9.17, 15) is 19.5 Å². The first kappa shape index (κ1) is 26.8.